The summed E-state index contributed by atoms with van der Waals surface area (Å²) in [6.45, 7) is 7.29. The molecule has 0 fully saturated rings. The van der Waals surface area contributed by atoms with Gasteiger partial charge < -0.3 is 14.6 Å². The number of ether oxygens (including phenoxy) is 1. The zero-order valence-corrected chi connectivity index (χ0v) is 12.4. The summed E-state index contributed by atoms with van der Waals surface area (Å²) in [6, 6.07) is 6.18. The number of nitrogens with zero attached hydrogens (tertiary/aromatic N) is 1. The normalized spacial score (nSPS) is 17.2. The molecule has 2 aliphatic heterocycles. The number of nitrogens with one attached hydrogen (secondary N) is 1. The van der Waals surface area contributed by atoms with E-state index in [0.717, 1.165) is 24.2 Å². The zero-order chi connectivity index (χ0) is 14.6. The van der Waals surface area contributed by atoms with E-state index in [1.165, 1.54) is 33.5 Å². The molecule has 0 atom stereocenters. The molecule has 0 spiro atoms. The summed E-state index contributed by atoms with van der Waals surface area (Å²) in [5.74, 6) is 0.889. The van der Waals surface area contributed by atoms with Crippen LogP contribution < -0.4 is 4.74 Å². The van der Waals surface area contributed by atoms with Crippen molar-refractivity contribution in [2.75, 3.05) is 13.7 Å². The molecular formula is C18H18N2O. The predicted molar refractivity (Wildman–Crippen MR) is 86.9 cm³/mol. The van der Waals surface area contributed by atoms with Gasteiger partial charge in [0.2, 0.25) is 0 Å². The van der Waals surface area contributed by atoms with Crippen molar-refractivity contribution in [1.29, 1.82) is 0 Å². The quantitative estimate of drug-likeness (QED) is 0.794. The monoisotopic (exact) mass is 278 g/mol. The Morgan fingerprint density at radius 1 is 1.33 bits per heavy atom. The van der Waals surface area contributed by atoms with Crippen LogP contribution in [0.15, 0.2) is 42.2 Å². The molecule has 21 heavy (non-hydrogen) atoms. The number of hydrogen-bond acceptors (Lipinski definition) is 2. The van der Waals surface area contributed by atoms with E-state index in [4.69, 9.17) is 4.74 Å². The molecule has 0 amide bonds. The van der Waals surface area contributed by atoms with Crippen molar-refractivity contribution in [1.82, 2.24) is 9.88 Å². The molecule has 1 aromatic carbocycles. The molecule has 2 aromatic rings. The van der Waals surface area contributed by atoms with Gasteiger partial charge in [-0.1, -0.05) is 12.2 Å². The molecule has 1 N–H and O–H groups in total. The summed E-state index contributed by atoms with van der Waals surface area (Å²) in [4.78, 5) is 5.86. The number of H-pyrrole nitrogens is 1. The smallest absolute Gasteiger partial charge is 0.119 e. The van der Waals surface area contributed by atoms with Crippen molar-refractivity contribution >= 4 is 22.6 Å². The highest BCUT2D eigenvalue weighted by atomic mass is 16.5. The molecule has 0 unspecified atom stereocenters. The van der Waals surface area contributed by atoms with E-state index in [2.05, 4.69) is 47.8 Å². The van der Waals surface area contributed by atoms with Crippen LogP contribution in [0.4, 0.5) is 0 Å². The first-order chi connectivity index (χ1) is 10.2. The van der Waals surface area contributed by atoms with Crippen molar-refractivity contribution in [2.45, 2.75) is 13.3 Å². The summed E-state index contributed by atoms with van der Waals surface area (Å²) in [5.41, 5.74) is 7.53. The van der Waals surface area contributed by atoms with E-state index in [-0.39, 0.29) is 0 Å². The van der Waals surface area contributed by atoms with E-state index in [0.29, 0.717) is 0 Å². The van der Waals surface area contributed by atoms with Crippen LogP contribution in [0.2, 0.25) is 0 Å². The molecule has 4 rings (SSSR count). The molecule has 3 heterocycles. The van der Waals surface area contributed by atoms with Gasteiger partial charge in [-0.25, -0.2) is 0 Å². The van der Waals surface area contributed by atoms with Gasteiger partial charge in [0.1, 0.15) is 5.75 Å². The first kappa shape index (κ1) is 12.3. The summed E-state index contributed by atoms with van der Waals surface area (Å²) in [6.07, 6.45) is 5.31. The van der Waals surface area contributed by atoms with Gasteiger partial charge in [-0.3, -0.25) is 0 Å². The lowest BCUT2D eigenvalue weighted by molar-refractivity contribution is 0.415. The van der Waals surface area contributed by atoms with Crippen LogP contribution in [-0.2, 0) is 0 Å². The second kappa shape index (κ2) is 4.29. The minimum absolute atomic E-state index is 0.889. The number of fused-ring (bicyclic) bond motifs is 5. The molecule has 3 heteroatoms. The molecule has 0 saturated carbocycles. The van der Waals surface area contributed by atoms with Crippen molar-refractivity contribution in [2.24, 2.45) is 0 Å². The molecule has 2 aliphatic rings. The molecule has 0 radical (unpaired) electrons. The Hall–Kier alpha value is -2.42. The van der Waals surface area contributed by atoms with Gasteiger partial charge in [0.05, 0.1) is 12.8 Å². The van der Waals surface area contributed by atoms with Crippen LogP contribution in [-0.4, -0.2) is 23.5 Å². The van der Waals surface area contributed by atoms with Crippen LogP contribution in [0.25, 0.3) is 22.6 Å². The number of methoxy groups -OCH3 is 1. The molecule has 106 valence electrons. The Kier molecular flexibility index (Phi) is 2.52. The summed E-state index contributed by atoms with van der Waals surface area (Å²) in [5, 5.41) is 1.21. The Morgan fingerprint density at radius 2 is 2.19 bits per heavy atom. The molecule has 3 nitrogen and oxygen atoms in total. The van der Waals surface area contributed by atoms with Crippen LogP contribution in [0.1, 0.15) is 24.6 Å². The van der Waals surface area contributed by atoms with E-state index < -0.39 is 0 Å². The first-order valence-corrected chi connectivity index (χ1v) is 7.18. The zero-order valence-electron chi connectivity index (χ0n) is 12.4. The van der Waals surface area contributed by atoms with Gasteiger partial charge >= 0.3 is 0 Å². The van der Waals surface area contributed by atoms with Crippen molar-refractivity contribution in [3.05, 3.63) is 53.5 Å². The van der Waals surface area contributed by atoms with Gasteiger partial charge in [0, 0.05) is 34.9 Å². The van der Waals surface area contributed by atoms with E-state index in [9.17, 15) is 0 Å². The molecule has 0 aliphatic carbocycles. The number of allylic oxidation sites excluding steroid dienone is 2. The number of hydrogen-bond donors (Lipinski definition) is 1. The fourth-order valence-corrected chi connectivity index (χ4v) is 3.29. The lowest BCUT2D eigenvalue weighted by atomic mass is 9.95. The average molecular weight is 278 g/mol. The highest BCUT2D eigenvalue weighted by molar-refractivity contribution is 5.97. The lowest BCUT2D eigenvalue weighted by Gasteiger charge is -2.29. The summed E-state index contributed by atoms with van der Waals surface area (Å²) < 4.78 is 5.36. The second-order valence-corrected chi connectivity index (χ2v) is 5.76. The van der Waals surface area contributed by atoms with E-state index in [1.807, 2.05) is 6.07 Å². The fourth-order valence-electron chi connectivity index (χ4n) is 3.29. The molecule has 0 saturated heterocycles. The third-order valence-corrected chi connectivity index (χ3v) is 4.46. The van der Waals surface area contributed by atoms with Crippen molar-refractivity contribution < 1.29 is 4.74 Å². The molecular weight excluding hydrogens is 260 g/mol. The van der Waals surface area contributed by atoms with Crippen molar-refractivity contribution in [3.63, 3.8) is 0 Å². The van der Waals surface area contributed by atoms with Gasteiger partial charge in [-0.05, 0) is 43.2 Å². The third-order valence-electron chi connectivity index (χ3n) is 4.46. The Balaban J connectivity index is 2.02. The van der Waals surface area contributed by atoms with Crippen LogP contribution in [0.5, 0.6) is 5.75 Å². The maximum atomic E-state index is 5.36. The molecule has 2 bridgehead atoms. The number of benzene rings is 1. The highest BCUT2D eigenvalue weighted by Crippen LogP contribution is 2.40. The third kappa shape index (κ3) is 1.74. The lowest BCUT2D eigenvalue weighted by Crippen LogP contribution is -2.22. The predicted octanol–water partition coefficient (Wildman–Crippen LogP) is 4.15. The van der Waals surface area contributed by atoms with Gasteiger partial charge in [0.15, 0.2) is 0 Å². The maximum absolute atomic E-state index is 5.36. The average Bonchev–Trinajstić information content (AvgIpc) is 2.82. The van der Waals surface area contributed by atoms with E-state index >= 15 is 0 Å². The number of aromatic nitrogens is 1. The standard InChI is InChI=1S/C18H18N2O/c1-11-8-15-12(2)20(10-11)7-6-14-16-9-13(21-3)4-5-17(16)19-18(14)15/h4-7,9,19H,1,8,10H2,2-3H3. The Labute approximate surface area is 124 Å². The number of rotatable bonds is 1. The van der Waals surface area contributed by atoms with Gasteiger partial charge in [0.25, 0.3) is 0 Å². The van der Waals surface area contributed by atoms with Gasteiger partial charge in [-0.2, -0.15) is 0 Å². The Morgan fingerprint density at radius 3 is 3.00 bits per heavy atom. The first-order valence-electron chi connectivity index (χ1n) is 7.18. The maximum Gasteiger partial charge on any atom is 0.119 e. The van der Waals surface area contributed by atoms with Crippen LogP contribution >= 0.6 is 0 Å². The minimum atomic E-state index is 0.889. The summed E-state index contributed by atoms with van der Waals surface area (Å²) in [7, 11) is 1.71. The second-order valence-electron chi connectivity index (χ2n) is 5.76. The minimum Gasteiger partial charge on any atom is -0.497 e. The Bertz CT molecular complexity index is 823. The van der Waals surface area contributed by atoms with Gasteiger partial charge in [-0.15, -0.1) is 0 Å². The fraction of sp³-hybridized carbons (Fsp3) is 0.222. The molecule has 1 aromatic heterocycles. The SMILES string of the molecule is C=C1CC2=C(C)N(C=Cc3c2[nH]c2ccc(OC)cc32)C1. The summed E-state index contributed by atoms with van der Waals surface area (Å²) >= 11 is 0. The van der Waals surface area contributed by atoms with E-state index in [1.54, 1.807) is 7.11 Å². The topological polar surface area (TPSA) is 28.3 Å². The highest BCUT2D eigenvalue weighted by Gasteiger charge is 2.25. The number of aromatic amines is 1. The van der Waals surface area contributed by atoms with Crippen molar-refractivity contribution in [3.8, 4) is 5.75 Å². The largest absolute Gasteiger partial charge is 0.497 e. The van der Waals surface area contributed by atoms with Crippen LogP contribution in [0.3, 0.4) is 0 Å². The van der Waals surface area contributed by atoms with Crippen LogP contribution in [0, 0.1) is 0 Å².